The lowest BCUT2D eigenvalue weighted by molar-refractivity contribution is 0.291. The van der Waals surface area contributed by atoms with Gasteiger partial charge in [0.25, 0.3) is 0 Å². The Morgan fingerprint density at radius 2 is 1.29 bits per heavy atom. The van der Waals surface area contributed by atoms with Gasteiger partial charge in [0.15, 0.2) is 11.6 Å². The Kier molecular flexibility index (Phi) is 10.7. The molecular formula is C26H37FO. The smallest absolute Gasteiger partial charge is 0.165 e. The van der Waals surface area contributed by atoms with Crippen molar-refractivity contribution in [1.29, 1.82) is 0 Å². The molecule has 2 aromatic carbocycles. The molecule has 0 atom stereocenters. The minimum absolute atomic E-state index is 0.277. The van der Waals surface area contributed by atoms with Crippen LogP contribution in [0.5, 0.6) is 5.75 Å². The minimum atomic E-state index is -0.277. The van der Waals surface area contributed by atoms with Crippen molar-refractivity contribution in [3.05, 3.63) is 53.8 Å². The third-order valence-electron chi connectivity index (χ3n) is 5.29. The van der Waals surface area contributed by atoms with Gasteiger partial charge < -0.3 is 4.74 Å². The van der Waals surface area contributed by atoms with Crippen molar-refractivity contribution in [1.82, 2.24) is 0 Å². The zero-order valence-corrected chi connectivity index (χ0v) is 17.8. The molecule has 154 valence electrons. The van der Waals surface area contributed by atoms with Gasteiger partial charge in [0, 0.05) is 0 Å². The first-order valence-corrected chi connectivity index (χ1v) is 11.3. The molecule has 0 aliphatic carbocycles. The van der Waals surface area contributed by atoms with Crippen LogP contribution in [0.3, 0.4) is 0 Å². The van der Waals surface area contributed by atoms with Crippen molar-refractivity contribution >= 4 is 0 Å². The fourth-order valence-electron chi connectivity index (χ4n) is 3.48. The lowest BCUT2D eigenvalue weighted by atomic mass is 10.0. The van der Waals surface area contributed by atoms with Gasteiger partial charge in [-0.1, -0.05) is 95.5 Å². The van der Waals surface area contributed by atoms with Crippen LogP contribution in [-0.2, 0) is 6.42 Å². The molecule has 0 unspecified atom stereocenters. The Labute approximate surface area is 171 Å². The van der Waals surface area contributed by atoms with Crippen LogP contribution in [0.15, 0.2) is 42.5 Å². The van der Waals surface area contributed by atoms with Crippen molar-refractivity contribution in [3.63, 3.8) is 0 Å². The summed E-state index contributed by atoms with van der Waals surface area (Å²) in [5.74, 6) is 0.0801. The average molecular weight is 385 g/mol. The van der Waals surface area contributed by atoms with Crippen LogP contribution in [0.25, 0.3) is 11.1 Å². The largest absolute Gasteiger partial charge is 0.491 e. The zero-order chi connectivity index (χ0) is 20.0. The van der Waals surface area contributed by atoms with Crippen molar-refractivity contribution in [2.45, 2.75) is 84.5 Å². The van der Waals surface area contributed by atoms with Crippen LogP contribution >= 0.6 is 0 Å². The van der Waals surface area contributed by atoms with Crippen LogP contribution in [0.4, 0.5) is 4.39 Å². The van der Waals surface area contributed by atoms with E-state index < -0.39 is 0 Å². The summed E-state index contributed by atoms with van der Waals surface area (Å²) in [5, 5.41) is 0. The standard InChI is InChI=1S/C26H37FO/c1-3-5-7-8-9-10-11-13-22-14-16-23(17-15-22)24-18-19-26(25(27)21-24)28-20-12-6-4-2/h14-19,21H,3-13,20H2,1-2H3. The van der Waals surface area contributed by atoms with Crippen LogP contribution in [0.1, 0.15) is 83.6 Å². The molecule has 2 heteroatoms. The monoisotopic (exact) mass is 384 g/mol. The normalized spacial score (nSPS) is 11.0. The number of hydrogen-bond donors (Lipinski definition) is 0. The van der Waals surface area contributed by atoms with Gasteiger partial charge >= 0.3 is 0 Å². The van der Waals surface area contributed by atoms with E-state index in [-0.39, 0.29) is 5.82 Å². The van der Waals surface area contributed by atoms with E-state index in [2.05, 4.69) is 38.1 Å². The highest BCUT2D eigenvalue weighted by atomic mass is 19.1. The van der Waals surface area contributed by atoms with E-state index in [1.54, 1.807) is 12.1 Å². The van der Waals surface area contributed by atoms with E-state index in [1.165, 1.54) is 50.5 Å². The molecule has 0 aromatic heterocycles. The summed E-state index contributed by atoms with van der Waals surface area (Å²) < 4.78 is 19.9. The molecular weight excluding hydrogens is 347 g/mol. The number of halogens is 1. The van der Waals surface area contributed by atoms with Gasteiger partial charge in [-0.15, -0.1) is 0 Å². The summed E-state index contributed by atoms with van der Waals surface area (Å²) >= 11 is 0. The zero-order valence-electron chi connectivity index (χ0n) is 17.8. The Morgan fingerprint density at radius 3 is 1.96 bits per heavy atom. The summed E-state index contributed by atoms with van der Waals surface area (Å²) in [5.41, 5.74) is 3.33. The van der Waals surface area contributed by atoms with Crippen LogP contribution < -0.4 is 4.74 Å². The van der Waals surface area contributed by atoms with Crippen molar-refractivity contribution in [2.24, 2.45) is 0 Å². The maximum Gasteiger partial charge on any atom is 0.165 e. The van der Waals surface area contributed by atoms with Gasteiger partial charge in [-0.2, -0.15) is 0 Å². The van der Waals surface area contributed by atoms with Gasteiger partial charge in [-0.3, -0.25) is 0 Å². The van der Waals surface area contributed by atoms with Gasteiger partial charge in [0.1, 0.15) is 0 Å². The second-order valence-corrected chi connectivity index (χ2v) is 7.77. The van der Waals surface area contributed by atoms with E-state index in [4.69, 9.17) is 4.74 Å². The fourth-order valence-corrected chi connectivity index (χ4v) is 3.48. The quantitative estimate of drug-likeness (QED) is 0.297. The van der Waals surface area contributed by atoms with Crippen molar-refractivity contribution < 1.29 is 9.13 Å². The first-order chi connectivity index (χ1) is 13.7. The summed E-state index contributed by atoms with van der Waals surface area (Å²) in [7, 11) is 0. The van der Waals surface area contributed by atoms with E-state index in [0.717, 1.165) is 36.8 Å². The van der Waals surface area contributed by atoms with E-state index in [1.807, 2.05) is 6.07 Å². The lowest BCUT2D eigenvalue weighted by Crippen LogP contribution is -1.99. The minimum Gasteiger partial charge on any atom is -0.491 e. The topological polar surface area (TPSA) is 9.23 Å². The first-order valence-electron chi connectivity index (χ1n) is 11.3. The molecule has 0 saturated heterocycles. The molecule has 2 aromatic rings. The van der Waals surface area contributed by atoms with Crippen molar-refractivity contribution in [3.8, 4) is 16.9 Å². The number of benzene rings is 2. The number of hydrogen-bond acceptors (Lipinski definition) is 1. The first kappa shape index (κ1) is 22.5. The van der Waals surface area contributed by atoms with Crippen LogP contribution in [0, 0.1) is 5.82 Å². The molecule has 28 heavy (non-hydrogen) atoms. The van der Waals surface area contributed by atoms with Gasteiger partial charge in [0.05, 0.1) is 6.61 Å². The molecule has 0 saturated carbocycles. The highest BCUT2D eigenvalue weighted by molar-refractivity contribution is 5.64. The molecule has 0 N–H and O–H groups in total. The molecule has 1 nitrogen and oxygen atoms in total. The summed E-state index contributed by atoms with van der Waals surface area (Å²) in [4.78, 5) is 0. The Balaban J connectivity index is 1.79. The Hall–Kier alpha value is -1.83. The van der Waals surface area contributed by atoms with E-state index in [0.29, 0.717) is 12.4 Å². The predicted molar refractivity (Wildman–Crippen MR) is 119 cm³/mol. The fraction of sp³-hybridized carbons (Fsp3) is 0.538. The Bertz CT molecular complexity index is 663. The molecule has 0 spiro atoms. The lowest BCUT2D eigenvalue weighted by Gasteiger charge is -2.09. The van der Waals surface area contributed by atoms with E-state index >= 15 is 0 Å². The molecule has 0 amide bonds. The SMILES string of the molecule is CCCCCCCCCc1ccc(-c2ccc(OCCCCC)c(F)c2)cc1. The maximum absolute atomic E-state index is 14.3. The van der Waals surface area contributed by atoms with Crippen LogP contribution in [0.2, 0.25) is 0 Å². The number of aryl methyl sites for hydroxylation is 1. The molecule has 2 rings (SSSR count). The highest BCUT2D eigenvalue weighted by Gasteiger charge is 2.06. The average Bonchev–Trinajstić information content (AvgIpc) is 2.72. The molecule has 0 fully saturated rings. The second-order valence-electron chi connectivity index (χ2n) is 7.77. The molecule has 0 heterocycles. The van der Waals surface area contributed by atoms with Crippen molar-refractivity contribution in [2.75, 3.05) is 6.61 Å². The highest BCUT2D eigenvalue weighted by Crippen LogP contribution is 2.26. The third kappa shape index (κ3) is 8.04. The molecule has 0 radical (unpaired) electrons. The maximum atomic E-state index is 14.3. The molecule has 0 aliphatic heterocycles. The Morgan fingerprint density at radius 1 is 0.679 bits per heavy atom. The second kappa shape index (κ2) is 13.4. The summed E-state index contributed by atoms with van der Waals surface area (Å²) in [6.07, 6.45) is 13.7. The summed E-state index contributed by atoms with van der Waals surface area (Å²) in [6, 6.07) is 13.9. The van der Waals surface area contributed by atoms with Gasteiger partial charge in [0.2, 0.25) is 0 Å². The van der Waals surface area contributed by atoms with E-state index in [9.17, 15) is 4.39 Å². The number of rotatable bonds is 14. The number of ether oxygens (including phenoxy) is 1. The molecule has 0 aliphatic rings. The third-order valence-corrected chi connectivity index (χ3v) is 5.29. The molecule has 0 bridgehead atoms. The summed E-state index contributed by atoms with van der Waals surface area (Å²) in [6.45, 7) is 4.99. The number of unbranched alkanes of at least 4 members (excludes halogenated alkanes) is 8. The van der Waals surface area contributed by atoms with Gasteiger partial charge in [-0.05, 0) is 48.1 Å². The van der Waals surface area contributed by atoms with Crippen LogP contribution in [-0.4, -0.2) is 6.61 Å². The van der Waals surface area contributed by atoms with Gasteiger partial charge in [-0.25, -0.2) is 4.39 Å². The predicted octanol–water partition coefficient (Wildman–Crippen LogP) is 8.35.